The van der Waals surface area contributed by atoms with Gasteiger partial charge >= 0.3 is 12.1 Å². The van der Waals surface area contributed by atoms with Crippen molar-refractivity contribution in [2.75, 3.05) is 13.2 Å². The highest BCUT2D eigenvalue weighted by atomic mass is 35.5. The summed E-state index contributed by atoms with van der Waals surface area (Å²) in [6.45, 7) is 7.63. The van der Waals surface area contributed by atoms with Gasteiger partial charge < -0.3 is 19.5 Å². The standard InChI is InChI=1S/C20H25ClFNO6/c1-5-9-28-19(26)23-16(10-18(25)29-20(2,3)4)17(24)12-27-11-13-14(21)7-6-8-15(13)22/h5-8,16H,1,9-12H2,2-4H3,(H,23,26). The Kier molecular flexibility index (Phi) is 9.77. The maximum atomic E-state index is 13.8. The van der Waals surface area contributed by atoms with E-state index in [-0.39, 0.29) is 23.8 Å². The zero-order valence-electron chi connectivity index (χ0n) is 16.6. The Bertz CT molecular complexity index is 727. The molecule has 0 saturated carbocycles. The van der Waals surface area contributed by atoms with Crippen molar-refractivity contribution in [1.29, 1.82) is 0 Å². The van der Waals surface area contributed by atoms with Crippen molar-refractivity contribution in [2.24, 2.45) is 0 Å². The van der Waals surface area contributed by atoms with Crippen LogP contribution < -0.4 is 5.32 Å². The van der Waals surface area contributed by atoms with E-state index >= 15 is 0 Å². The Morgan fingerprint density at radius 3 is 2.59 bits per heavy atom. The van der Waals surface area contributed by atoms with Crippen molar-refractivity contribution in [3.63, 3.8) is 0 Å². The van der Waals surface area contributed by atoms with Crippen molar-refractivity contribution >= 4 is 29.4 Å². The summed E-state index contributed by atoms with van der Waals surface area (Å²) in [5.41, 5.74) is -0.657. The fourth-order valence-electron chi connectivity index (χ4n) is 2.14. The third-order valence-electron chi connectivity index (χ3n) is 3.36. The molecule has 0 spiro atoms. The second-order valence-corrected chi connectivity index (χ2v) is 7.44. The zero-order valence-corrected chi connectivity index (χ0v) is 17.4. The molecule has 0 aliphatic carbocycles. The van der Waals surface area contributed by atoms with Crippen molar-refractivity contribution in [3.05, 3.63) is 47.3 Å². The molecular weight excluding hydrogens is 405 g/mol. The molecule has 0 fully saturated rings. The molecular formula is C20H25ClFNO6. The quantitative estimate of drug-likeness (QED) is 0.451. The third-order valence-corrected chi connectivity index (χ3v) is 3.71. The van der Waals surface area contributed by atoms with E-state index in [1.165, 1.54) is 24.3 Å². The summed E-state index contributed by atoms with van der Waals surface area (Å²) in [4.78, 5) is 36.3. The Hall–Kier alpha value is -2.45. The number of Topliss-reactive ketones (excluding diaryl/α,β-unsaturated/α-hetero) is 1. The molecule has 9 heteroatoms. The number of ketones is 1. The Balaban J connectivity index is 2.73. The minimum Gasteiger partial charge on any atom is -0.460 e. The average Bonchev–Trinajstić information content (AvgIpc) is 2.60. The number of amides is 1. The smallest absolute Gasteiger partial charge is 0.408 e. The van der Waals surface area contributed by atoms with Crippen LogP contribution in [0, 0.1) is 5.82 Å². The Morgan fingerprint density at radius 1 is 1.31 bits per heavy atom. The molecule has 1 unspecified atom stereocenters. The number of rotatable bonds is 10. The molecule has 0 aliphatic heterocycles. The van der Waals surface area contributed by atoms with Gasteiger partial charge in [0.1, 0.15) is 30.7 Å². The van der Waals surface area contributed by atoms with Gasteiger partial charge in [0.2, 0.25) is 0 Å². The van der Waals surface area contributed by atoms with Crippen LogP contribution in [0.2, 0.25) is 5.02 Å². The second-order valence-electron chi connectivity index (χ2n) is 7.03. The monoisotopic (exact) mass is 429 g/mol. The predicted molar refractivity (Wildman–Crippen MR) is 105 cm³/mol. The summed E-state index contributed by atoms with van der Waals surface area (Å²) in [5.74, 6) is -1.86. The van der Waals surface area contributed by atoms with Crippen LogP contribution in [0.3, 0.4) is 0 Å². The molecule has 7 nitrogen and oxygen atoms in total. The van der Waals surface area contributed by atoms with Crippen LogP contribution in [0.15, 0.2) is 30.9 Å². The number of benzene rings is 1. The van der Waals surface area contributed by atoms with Crippen molar-refractivity contribution in [2.45, 2.75) is 45.4 Å². The van der Waals surface area contributed by atoms with Crippen LogP contribution in [0.1, 0.15) is 32.8 Å². The summed E-state index contributed by atoms with van der Waals surface area (Å²) < 4.78 is 29.0. The van der Waals surface area contributed by atoms with E-state index in [9.17, 15) is 18.8 Å². The van der Waals surface area contributed by atoms with Crippen molar-refractivity contribution in [3.8, 4) is 0 Å². The normalized spacial score (nSPS) is 12.0. The molecule has 0 bridgehead atoms. The van der Waals surface area contributed by atoms with Crippen molar-refractivity contribution in [1.82, 2.24) is 5.32 Å². The molecule has 0 heterocycles. The topological polar surface area (TPSA) is 90.9 Å². The summed E-state index contributed by atoms with van der Waals surface area (Å²) in [7, 11) is 0. The number of carbonyl (C=O) groups is 3. The fourth-order valence-corrected chi connectivity index (χ4v) is 2.36. The number of halogens is 2. The largest absolute Gasteiger partial charge is 0.460 e. The molecule has 1 aromatic carbocycles. The second kappa shape index (κ2) is 11.5. The number of esters is 1. The first-order chi connectivity index (χ1) is 13.5. The molecule has 0 aliphatic rings. The van der Waals surface area contributed by atoms with E-state index in [0.717, 1.165) is 0 Å². The van der Waals surface area contributed by atoms with E-state index < -0.39 is 48.3 Å². The Morgan fingerprint density at radius 2 is 2.00 bits per heavy atom. The summed E-state index contributed by atoms with van der Waals surface area (Å²) in [5, 5.41) is 2.46. The molecule has 0 saturated heterocycles. The van der Waals surface area contributed by atoms with E-state index in [1.807, 2.05) is 0 Å². The fraction of sp³-hybridized carbons (Fsp3) is 0.450. The molecule has 0 radical (unpaired) electrons. The first-order valence-corrected chi connectivity index (χ1v) is 9.20. The number of nitrogens with one attached hydrogen (secondary N) is 1. The minimum atomic E-state index is -1.24. The maximum absolute atomic E-state index is 13.8. The van der Waals surface area contributed by atoms with Gasteiger partial charge in [-0.15, -0.1) is 0 Å². The van der Waals surface area contributed by atoms with Crippen LogP contribution >= 0.6 is 11.6 Å². The van der Waals surface area contributed by atoms with E-state index in [0.29, 0.717) is 0 Å². The first-order valence-electron chi connectivity index (χ1n) is 8.83. The Labute approximate surface area is 174 Å². The van der Waals surface area contributed by atoms with Gasteiger partial charge in [-0.1, -0.05) is 30.3 Å². The first kappa shape index (κ1) is 24.6. The molecule has 1 rings (SSSR count). The predicted octanol–water partition coefficient (Wildman–Crippen LogP) is 3.58. The van der Waals surface area contributed by atoms with Gasteiger partial charge in [0.15, 0.2) is 5.78 Å². The molecule has 1 atom stereocenters. The summed E-state index contributed by atoms with van der Waals surface area (Å²) >= 11 is 5.91. The summed E-state index contributed by atoms with van der Waals surface area (Å²) in [6.07, 6.45) is 0.0400. The van der Waals surface area contributed by atoms with Gasteiger partial charge in [0.05, 0.1) is 13.0 Å². The molecule has 29 heavy (non-hydrogen) atoms. The highest BCUT2D eigenvalue weighted by molar-refractivity contribution is 6.31. The lowest BCUT2D eigenvalue weighted by molar-refractivity contribution is -0.156. The lowest BCUT2D eigenvalue weighted by Gasteiger charge is -2.22. The van der Waals surface area contributed by atoms with Crippen LogP contribution in [-0.2, 0) is 30.4 Å². The van der Waals surface area contributed by atoms with Crippen molar-refractivity contribution < 1.29 is 33.0 Å². The number of hydrogen-bond donors (Lipinski definition) is 1. The lowest BCUT2D eigenvalue weighted by atomic mass is 10.1. The third kappa shape index (κ3) is 9.54. The van der Waals surface area contributed by atoms with Gasteiger partial charge in [-0.3, -0.25) is 9.59 Å². The van der Waals surface area contributed by atoms with Gasteiger partial charge in [-0.05, 0) is 32.9 Å². The molecule has 1 amide bonds. The average molecular weight is 430 g/mol. The van der Waals surface area contributed by atoms with Gasteiger partial charge in [-0.25, -0.2) is 9.18 Å². The zero-order chi connectivity index (χ0) is 22.0. The van der Waals surface area contributed by atoms with Gasteiger partial charge in [0, 0.05) is 10.6 Å². The van der Waals surface area contributed by atoms with E-state index in [2.05, 4.69) is 11.9 Å². The SMILES string of the molecule is C=CCOC(=O)NC(CC(=O)OC(C)(C)C)C(=O)COCc1c(F)cccc1Cl. The molecule has 1 N–H and O–H groups in total. The van der Waals surface area contributed by atoms with E-state index in [4.69, 9.17) is 25.8 Å². The van der Waals surface area contributed by atoms with Crippen LogP contribution in [0.4, 0.5) is 9.18 Å². The maximum Gasteiger partial charge on any atom is 0.408 e. The number of ether oxygens (including phenoxy) is 3. The highest BCUT2D eigenvalue weighted by Crippen LogP contribution is 2.19. The van der Waals surface area contributed by atoms with Gasteiger partial charge in [0.25, 0.3) is 0 Å². The minimum absolute atomic E-state index is 0.0680. The van der Waals surface area contributed by atoms with Crippen LogP contribution in [0.25, 0.3) is 0 Å². The van der Waals surface area contributed by atoms with Gasteiger partial charge in [-0.2, -0.15) is 0 Å². The highest BCUT2D eigenvalue weighted by Gasteiger charge is 2.27. The molecule has 1 aromatic rings. The number of carbonyl (C=O) groups excluding carboxylic acids is 3. The lowest BCUT2D eigenvalue weighted by Crippen LogP contribution is -2.45. The van der Waals surface area contributed by atoms with Crippen LogP contribution in [0.5, 0.6) is 0 Å². The summed E-state index contributed by atoms with van der Waals surface area (Å²) in [6, 6.07) is 2.92. The van der Waals surface area contributed by atoms with Crippen LogP contribution in [-0.4, -0.2) is 42.7 Å². The molecule has 0 aromatic heterocycles. The number of hydrogen-bond acceptors (Lipinski definition) is 6. The van der Waals surface area contributed by atoms with E-state index in [1.54, 1.807) is 20.8 Å². The number of alkyl carbamates (subject to hydrolysis) is 1. The molecule has 160 valence electrons.